The molecule has 6 nitrogen and oxygen atoms in total. The standard InChI is InChI=1S/C15H13F2NO5S/c16-15(17)22-12-2-1-3-13(14(12)23-15)24(19,20)18-6-8-9(7-18)11-5-4-10(8)21-11/h1-5,8-11H,6-7H2. The molecule has 0 aromatic heterocycles. The van der Waals surface area contributed by atoms with Gasteiger partial charge >= 0.3 is 6.29 Å². The predicted molar refractivity (Wildman–Crippen MR) is 76.2 cm³/mol. The Morgan fingerprint density at radius 2 is 1.75 bits per heavy atom. The highest BCUT2D eigenvalue weighted by Crippen LogP contribution is 2.48. The molecule has 4 unspecified atom stereocenters. The number of alkyl halides is 2. The number of para-hydroxylation sites is 1. The molecule has 1 aromatic carbocycles. The van der Waals surface area contributed by atoms with Gasteiger partial charge in [-0.05, 0) is 12.1 Å². The first-order chi connectivity index (χ1) is 11.4. The molecule has 4 aliphatic heterocycles. The lowest BCUT2D eigenvalue weighted by atomic mass is 9.86. The monoisotopic (exact) mass is 357 g/mol. The molecule has 2 saturated heterocycles. The fraction of sp³-hybridized carbons (Fsp3) is 0.467. The van der Waals surface area contributed by atoms with Crippen LogP contribution in [0.25, 0.3) is 0 Å². The Balaban J connectivity index is 1.49. The average molecular weight is 357 g/mol. The molecule has 4 aliphatic rings. The van der Waals surface area contributed by atoms with E-state index in [0.717, 1.165) is 0 Å². The van der Waals surface area contributed by atoms with Gasteiger partial charge in [0.15, 0.2) is 11.5 Å². The lowest BCUT2D eigenvalue weighted by Gasteiger charge is -2.19. The van der Waals surface area contributed by atoms with Gasteiger partial charge in [-0.25, -0.2) is 8.42 Å². The summed E-state index contributed by atoms with van der Waals surface area (Å²) in [6, 6.07) is 3.88. The Hall–Kier alpha value is -1.71. The first-order valence-electron chi connectivity index (χ1n) is 7.58. The summed E-state index contributed by atoms with van der Waals surface area (Å²) in [5.74, 6) is -0.502. The molecule has 0 aliphatic carbocycles. The van der Waals surface area contributed by atoms with E-state index in [2.05, 4.69) is 9.47 Å². The van der Waals surface area contributed by atoms with Crippen molar-refractivity contribution in [3.8, 4) is 11.5 Å². The van der Waals surface area contributed by atoms with Gasteiger partial charge in [0.05, 0.1) is 12.2 Å². The Labute approximate surface area is 136 Å². The lowest BCUT2D eigenvalue weighted by Crippen LogP contribution is -2.32. The number of nitrogens with zero attached hydrogens (tertiary/aromatic N) is 1. The van der Waals surface area contributed by atoms with Crippen molar-refractivity contribution in [2.75, 3.05) is 13.1 Å². The van der Waals surface area contributed by atoms with Gasteiger partial charge in [-0.1, -0.05) is 18.2 Å². The van der Waals surface area contributed by atoms with Crippen molar-refractivity contribution < 1.29 is 31.4 Å². The van der Waals surface area contributed by atoms with E-state index >= 15 is 0 Å². The van der Waals surface area contributed by atoms with Crippen LogP contribution in [0.1, 0.15) is 0 Å². The zero-order chi connectivity index (χ0) is 16.7. The Morgan fingerprint density at radius 3 is 2.42 bits per heavy atom. The van der Waals surface area contributed by atoms with E-state index in [1.54, 1.807) is 0 Å². The van der Waals surface area contributed by atoms with Crippen LogP contribution < -0.4 is 9.47 Å². The molecule has 0 radical (unpaired) electrons. The summed E-state index contributed by atoms with van der Waals surface area (Å²) in [5.41, 5.74) is 0. The van der Waals surface area contributed by atoms with Crippen molar-refractivity contribution in [2.24, 2.45) is 11.8 Å². The van der Waals surface area contributed by atoms with Crippen LogP contribution in [0, 0.1) is 11.8 Å². The van der Waals surface area contributed by atoms with Crippen molar-refractivity contribution >= 4 is 10.0 Å². The number of hydrogen-bond donors (Lipinski definition) is 0. The third kappa shape index (κ3) is 1.88. The van der Waals surface area contributed by atoms with Gasteiger partial charge in [-0.3, -0.25) is 0 Å². The maximum absolute atomic E-state index is 13.3. The van der Waals surface area contributed by atoms with Crippen LogP contribution in [0.15, 0.2) is 35.2 Å². The number of sulfonamides is 1. The van der Waals surface area contributed by atoms with E-state index in [1.165, 1.54) is 22.5 Å². The maximum Gasteiger partial charge on any atom is 0.586 e. The van der Waals surface area contributed by atoms with E-state index in [9.17, 15) is 17.2 Å². The maximum atomic E-state index is 13.3. The fourth-order valence-corrected chi connectivity index (χ4v) is 5.61. The molecular formula is C15H13F2NO5S. The summed E-state index contributed by atoms with van der Waals surface area (Å²) in [6.45, 7) is 0.610. The minimum atomic E-state index is -3.96. The van der Waals surface area contributed by atoms with E-state index in [1.807, 2.05) is 12.2 Å². The van der Waals surface area contributed by atoms with Crippen LogP contribution in [0.4, 0.5) is 8.78 Å². The number of rotatable bonds is 2. The van der Waals surface area contributed by atoms with Crippen LogP contribution in [0.3, 0.4) is 0 Å². The average Bonchev–Trinajstić information content (AvgIpc) is 3.24. The summed E-state index contributed by atoms with van der Waals surface area (Å²) in [5, 5.41) is 0. The molecule has 4 atom stereocenters. The molecular weight excluding hydrogens is 344 g/mol. The molecule has 0 saturated carbocycles. The van der Waals surface area contributed by atoms with E-state index in [0.29, 0.717) is 13.1 Å². The third-order valence-electron chi connectivity index (χ3n) is 5.04. The lowest BCUT2D eigenvalue weighted by molar-refractivity contribution is -0.287. The summed E-state index contributed by atoms with van der Waals surface area (Å²) >= 11 is 0. The van der Waals surface area contributed by atoms with Gasteiger partial charge in [-0.15, -0.1) is 8.78 Å². The van der Waals surface area contributed by atoms with E-state index in [4.69, 9.17) is 4.74 Å². The van der Waals surface area contributed by atoms with Crippen LogP contribution in [-0.2, 0) is 14.8 Å². The molecule has 9 heteroatoms. The molecule has 0 spiro atoms. The predicted octanol–water partition coefficient (Wildman–Crippen LogP) is 1.58. The molecule has 5 rings (SSSR count). The summed E-state index contributed by atoms with van der Waals surface area (Å²) in [7, 11) is -3.96. The van der Waals surface area contributed by atoms with Crippen LogP contribution in [0.5, 0.6) is 11.5 Å². The van der Waals surface area contributed by atoms with Crippen molar-refractivity contribution in [3.63, 3.8) is 0 Å². The van der Waals surface area contributed by atoms with Crippen molar-refractivity contribution in [3.05, 3.63) is 30.4 Å². The third-order valence-corrected chi connectivity index (χ3v) is 6.89. The molecule has 4 heterocycles. The number of halogens is 2. The summed E-state index contributed by atoms with van der Waals surface area (Å²) < 4.78 is 68.3. The smallest absolute Gasteiger partial charge is 0.395 e. The molecule has 2 bridgehead atoms. The SMILES string of the molecule is O=S(=O)(c1cccc2c1OC(F)(F)O2)N1CC2C3C=CC(O3)C2C1. The topological polar surface area (TPSA) is 65.1 Å². The zero-order valence-electron chi connectivity index (χ0n) is 12.3. The minimum absolute atomic E-state index is 0.0643. The van der Waals surface area contributed by atoms with E-state index in [-0.39, 0.29) is 34.7 Å². The Bertz CT molecular complexity index is 835. The fourth-order valence-electron chi connectivity index (χ4n) is 3.97. The van der Waals surface area contributed by atoms with Gasteiger partial charge < -0.3 is 14.2 Å². The van der Waals surface area contributed by atoms with Gasteiger partial charge in [0, 0.05) is 24.9 Å². The van der Waals surface area contributed by atoms with Crippen molar-refractivity contribution in [1.82, 2.24) is 4.31 Å². The van der Waals surface area contributed by atoms with Crippen molar-refractivity contribution in [2.45, 2.75) is 23.4 Å². The number of ether oxygens (including phenoxy) is 3. The van der Waals surface area contributed by atoms with Gasteiger partial charge in [0.2, 0.25) is 10.0 Å². The quantitative estimate of drug-likeness (QED) is 0.752. The second kappa shape index (κ2) is 4.47. The second-order valence-electron chi connectivity index (χ2n) is 6.35. The Morgan fingerprint density at radius 1 is 1.08 bits per heavy atom. The zero-order valence-corrected chi connectivity index (χ0v) is 13.1. The highest BCUT2D eigenvalue weighted by molar-refractivity contribution is 7.89. The molecule has 2 fully saturated rings. The largest absolute Gasteiger partial charge is 0.586 e. The minimum Gasteiger partial charge on any atom is -0.395 e. The van der Waals surface area contributed by atoms with Crippen LogP contribution >= 0.6 is 0 Å². The second-order valence-corrected chi connectivity index (χ2v) is 8.26. The van der Waals surface area contributed by atoms with Gasteiger partial charge in [0.1, 0.15) is 4.90 Å². The molecule has 128 valence electrons. The molecule has 24 heavy (non-hydrogen) atoms. The normalized spacial score (nSPS) is 35.6. The number of fused-ring (bicyclic) bond motifs is 6. The molecule has 0 N–H and O–H groups in total. The first-order valence-corrected chi connectivity index (χ1v) is 9.02. The number of benzene rings is 1. The Kier molecular flexibility index (Phi) is 2.72. The number of hydrogen-bond acceptors (Lipinski definition) is 5. The van der Waals surface area contributed by atoms with Crippen LogP contribution in [0.2, 0.25) is 0 Å². The summed E-state index contributed by atoms with van der Waals surface area (Å²) in [4.78, 5) is -0.293. The van der Waals surface area contributed by atoms with E-state index < -0.39 is 22.1 Å². The summed E-state index contributed by atoms with van der Waals surface area (Å²) in [6.07, 6.45) is -0.0673. The highest BCUT2D eigenvalue weighted by atomic mass is 32.2. The van der Waals surface area contributed by atoms with Crippen LogP contribution in [-0.4, -0.2) is 44.3 Å². The molecule has 0 amide bonds. The first kappa shape index (κ1) is 14.6. The van der Waals surface area contributed by atoms with Gasteiger partial charge in [0.25, 0.3) is 0 Å². The molecule has 1 aromatic rings. The highest BCUT2D eigenvalue weighted by Gasteiger charge is 2.54. The van der Waals surface area contributed by atoms with Gasteiger partial charge in [-0.2, -0.15) is 4.31 Å². The van der Waals surface area contributed by atoms with Crippen molar-refractivity contribution in [1.29, 1.82) is 0 Å².